The van der Waals surface area contributed by atoms with Crippen molar-refractivity contribution in [2.24, 2.45) is 0 Å². The molecule has 0 bridgehead atoms. The quantitative estimate of drug-likeness (QED) is 0.603. The van der Waals surface area contributed by atoms with Gasteiger partial charge in [0.05, 0.1) is 19.3 Å². The number of hydrogen-bond donors (Lipinski definition) is 2. The Morgan fingerprint density at radius 3 is 2.42 bits per heavy atom. The first-order valence-electron chi connectivity index (χ1n) is 7.28. The van der Waals surface area contributed by atoms with Crippen LogP contribution in [0.5, 0.6) is 5.75 Å². The van der Waals surface area contributed by atoms with Crippen molar-refractivity contribution in [3.63, 3.8) is 0 Å². The molecule has 0 aliphatic rings. The number of methoxy groups -OCH3 is 1. The number of hydrogen-bond acceptors (Lipinski definition) is 3. The number of nitrogens with one attached hydrogen (secondary N) is 2. The number of ether oxygens (including phenoxy) is 1. The molecule has 128 valence electrons. The van der Waals surface area contributed by atoms with Crippen LogP contribution in [0, 0.1) is 17.5 Å². The Balaban J connectivity index is 1.76. The van der Waals surface area contributed by atoms with E-state index < -0.39 is 29.0 Å². The van der Waals surface area contributed by atoms with E-state index >= 15 is 0 Å². The Morgan fingerprint density at radius 2 is 1.75 bits per heavy atom. The van der Waals surface area contributed by atoms with E-state index in [2.05, 4.69) is 10.6 Å². The van der Waals surface area contributed by atoms with Gasteiger partial charge in [-0.05, 0) is 42.8 Å². The van der Waals surface area contributed by atoms with E-state index in [1.807, 2.05) is 24.3 Å². The van der Waals surface area contributed by atoms with Gasteiger partial charge >= 0.3 is 0 Å². The van der Waals surface area contributed by atoms with Gasteiger partial charge in [0.2, 0.25) is 5.91 Å². The summed E-state index contributed by atoms with van der Waals surface area (Å²) in [6, 6.07) is 9.24. The van der Waals surface area contributed by atoms with Crippen LogP contribution in [0.15, 0.2) is 36.4 Å². The standard InChI is InChI=1S/C17H17F3N2O2/c1-24-12-4-2-11(3-5-12)8-9-21-10-15(23)22-14-7-6-13(18)16(19)17(14)20/h2-7,21H,8-10H2,1H3,(H,22,23). The Bertz CT molecular complexity index is 706. The van der Waals surface area contributed by atoms with E-state index in [9.17, 15) is 18.0 Å². The fraction of sp³-hybridized carbons (Fsp3) is 0.235. The molecule has 2 aromatic rings. The number of halogens is 3. The molecule has 0 saturated carbocycles. The fourth-order valence-electron chi connectivity index (χ4n) is 2.04. The van der Waals surface area contributed by atoms with Crippen molar-refractivity contribution in [3.8, 4) is 5.75 Å². The minimum atomic E-state index is -1.61. The highest BCUT2D eigenvalue weighted by Crippen LogP contribution is 2.19. The van der Waals surface area contributed by atoms with Gasteiger partial charge in [-0.2, -0.15) is 0 Å². The second-order valence-corrected chi connectivity index (χ2v) is 5.05. The molecule has 2 N–H and O–H groups in total. The predicted octanol–water partition coefficient (Wildman–Crippen LogP) is 2.88. The first-order valence-corrected chi connectivity index (χ1v) is 7.28. The highest BCUT2D eigenvalue weighted by molar-refractivity contribution is 5.92. The Morgan fingerprint density at radius 1 is 1.04 bits per heavy atom. The summed E-state index contributed by atoms with van der Waals surface area (Å²) in [4.78, 5) is 11.7. The van der Waals surface area contributed by atoms with Gasteiger partial charge in [0.25, 0.3) is 0 Å². The van der Waals surface area contributed by atoms with E-state index in [0.29, 0.717) is 13.0 Å². The number of carbonyl (C=O) groups is 1. The molecule has 24 heavy (non-hydrogen) atoms. The van der Waals surface area contributed by atoms with E-state index in [1.165, 1.54) is 0 Å². The van der Waals surface area contributed by atoms with Crippen LogP contribution in [0.4, 0.5) is 18.9 Å². The van der Waals surface area contributed by atoms with E-state index in [0.717, 1.165) is 23.4 Å². The van der Waals surface area contributed by atoms with Crippen molar-refractivity contribution in [2.75, 3.05) is 25.5 Å². The van der Waals surface area contributed by atoms with Gasteiger partial charge in [0, 0.05) is 0 Å². The maximum absolute atomic E-state index is 13.4. The van der Waals surface area contributed by atoms with Crippen molar-refractivity contribution >= 4 is 11.6 Å². The third-order valence-corrected chi connectivity index (χ3v) is 3.34. The van der Waals surface area contributed by atoms with Gasteiger partial charge in [-0.1, -0.05) is 12.1 Å². The molecule has 2 aromatic carbocycles. The fourth-order valence-corrected chi connectivity index (χ4v) is 2.04. The second-order valence-electron chi connectivity index (χ2n) is 5.05. The maximum atomic E-state index is 13.4. The summed E-state index contributed by atoms with van der Waals surface area (Å²) >= 11 is 0. The molecular formula is C17H17F3N2O2. The summed E-state index contributed by atoms with van der Waals surface area (Å²) in [6.45, 7) is 0.453. The summed E-state index contributed by atoms with van der Waals surface area (Å²) < 4.78 is 44.4. The average Bonchev–Trinajstić information content (AvgIpc) is 2.60. The lowest BCUT2D eigenvalue weighted by atomic mass is 10.1. The molecular weight excluding hydrogens is 321 g/mol. The summed E-state index contributed by atoms with van der Waals surface area (Å²) in [5, 5.41) is 5.09. The van der Waals surface area contributed by atoms with Gasteiger partial charge in [0.15, 0.2) is 17.5 Å². The van der Waals surface area contributed by atoms with Crippen LogP contribution >= 0.6 is 0 Å². The molecule has 1 amide bonds. The molecule has 0 radical (unpaired) electrons. The van der Waals surface area contributed by atoms with Gasteiger partial charge < -0.3 is 15.4 Å². The monoisotopic (exact) mass is 338 g/mol. The predicted molar refractivity (Wildman–Crippen MR) is 84.5 cm³/mol. The zero-order chi connectivity index (χ0) is 17.5. The molecule has 2 rings (SSSR count). The third-order valence-electron chi connectivity index (χ3n) is 3.34. The third kappa shape index (κ3) is 4.73. The average molecular weight is 338 g/mol. The molecule has 0 saturated heterocycles. The van der Waals surface area contributed by atoms with Crippen LogP contribution in [0.2, 0.25) is 0 Å². The second kappa shape index (κ2) is 8.35. The summed E-state index contributed by atoms with van der Waals surface area (Å²) in [6.07, 6.45) is 0.691. The molecule has 0 aliphatic carbocycles. The zero-order valence-electron chi connectivity index (χ0n) is 13.0. The lowest BCUT2D eigenvalue weighted by Gasteiger charge is -2.08. The Kier molecular flexibility index (Phi) is 6.20. The molecule has 0 aromatic heterocycles. The molecule has 7 heteroatoms. The highest BCUT2D eigenvalue weighted by atomic mass is 19.2. The van der Waals surface area contributed by atoms with Crippen molar-refractivity contribution < 1.29 is 22.7 Å². The van der Waals surface area contributed by atoms with Crippen LogP contribution < -0.4 is 15.4 Å². The van der Waals surface area contributed by atoms with Crippen LogP contribution in [0.25, 0.3) is 0 Å². The van der Waals surface area contributed by atoms with Gasteiger partial charge in [-0.15, -0.1) is 0 Å². The molecule has 0 fully saturated rings. The van der Waals surface area contributed by atoms with Gasteiger partial charge in [0.1, 0.15) is 5.75 Å². The number of anilines is 1. The molecule has 4 nitrogen and oxygen atoms in total. The normalized spacial score (nSPS) is 10.5. The molecule has 0 aliphatic heterocycles. The minimum Gasteiger partial charge on any atom is -0.497 e. The smallest absolute Gasteiger partial charge is 0.238 e. The van der Waals surface area contributed by atoms with E-state index in [-0.39, 0.29) is 6.54 Å². The van der Waals surface area contributed by atoms with Crippen molar-refractivity contribution in [1.82, 2.24) is 5.32 Å². The topological polar surface area (TPSA) is 50.4 Å². The molecule has 0 spiro atoms. The number of amides is 1. The molecule has 0 heterocycles. The lowest BCUT2D eigenvalue weighted by Crippen LogP contribution is -2.29. The summed E-state index contributed by atoms with van der Waals surface area (Å²) in [5.74, 6) is -4.11. The number of carbonyl (C=O) groups excluding carboxylic acids is 1. The van der Waals surface area contributed by atoms with E-state index in [4.69, 9.17) is 4.74 Å². The first kappa shape index (κ1) is 17.8. The van der Waals surface area contributed by atoms with Crippen molar-refractivity contribution in [2.45, 2.75) is 6.42 Å². The maximum Gasteiger partial charge on any atom is 0.238 e. The number of benzene rings is 2. The van der Waals surface area contributed by atoms with Gasteiger partial charge in [-0.3, -0.25) is 4.79 Å². The van der Waals surface area contributed by atoms with E-state index in [1.54, 1.807) is 7.11 Å². The Hall–Kier alpha value is -2.54. The zero-order valence-corrected chi connectivity index (χ0v) is 13.0. The SMILES string of the molecule is COc1ccc(CCNCC(=O)Nc2ccc(F)c(F)c2F)cc1. The van der Waals surface area contributed by atoms with Gasteiger partial charge in [-0.25, -0.2) is 13.2 Å². The molecule has 0 atom stereocenters. The minimum absolute atomic E-state index is 0.0748. The first-order chi connectivity index (χ1) is 11.5. The lowest BCUT2D eigenvalue weighted by molar-refractivity contribution is -0.115. The highest BCUT2D eigenvalue weighted by Gasteiger charge is 2.14. The number of rotatable bonds is 7. The van der Waals surface area contributed by atoms with Crippen LogP contribution in [-0.2, 0) is 11.2 Å². The summed E-state index contributed by atoms with van der Waals surface area (Å²) in [7, 11) is 1.59. The largest absolute Gasteiger partial charge is 0.497 e. The molecule has 0 unspecified atom stereocenters. The van der Waals surface area contributed by atoms with Crippen LogP contribution in [-0.4, -0.2) is 26.1 Å². The Labute approximate surface area is 137 Å². The van der Waals surface area contributed by atoms with Crippen molar-refractivity contribution in [1.29, 1.82) is 0 Å². The summed E-state index contributed by atoms with van der Waals surface area (Å²) in [5.41, 5.74) is 0.672. The van der Waals surface area contributed by atoms with Crippen molar-refractivity contribution in [3.05, 3.63) is 59.4 Å². The van der Waals surface area contributed by atoms with Crippen LogP contribution in [0.1, 0.15) is 5.56 Å². The van der Waals surface area contributed by atoms with Crippen LogP contribution in [0.3, 0.4) is 0 Å².